The van der Waals surface area contributed by atoms with E-state index in [-0.39, 0.29) is 11.5 Å². The molecule has 2 aromatic rings. The number of ether oxygens (including phenoxy) is 1. The summed E-state index contributed by atoms with van der Waals surface area (Å²) in [6.45, 7) is -0.730. The molecule has 6 N–H and O–H groups in total. The number of hydrogen-bond acceptors (Lipinski definition) is 9. The normalized spacial score (nSPS) is 29.8. The predicted octanol–water partition coefficient (Wildman–Crippen LogP) is -1.74. The van der Waals surface area contributed by atoms with Crippen LogP contribution in [-0.4, -0.2) is 59.5 Å². The average molecular weight is 371 g/mol. The van der Waals surface area contributed by atoms with Gasteiger partial charge in [0.1, 0.15) is 36.2 Å². The SMILES string of the molecule is N#C[C@@]1(c2ccc3c(N)ncnn23)OC(COP(=O)(O)O)C(O)C1O. The lowest BCUT2D eigenvalue weighted by Gasteiger charge is -2.24. The summed E-state index contributed by atoms with van der Waals surface area (Å²) in [5.74, 6) is 0.128. The number of nitriles is 1. The molecule has 1 saturated heterocycles. The van der Waals surface area contributed by atoms with E-state index in [1.165, 1.54) is 16.6 Å². The number of aromatic nitrogens is 3. The van der Waals surface area contributed by atoms with E-state index in [0.717, 1.165) is 6.33 Å². The molecule has 1 aliphatic heterocycles. The summed E-state index contributed by atoms with van der Waals surface area (Å²) in [7, 11) is -4.82. The number of fused-ring (bicyclic) bond motifs is 1. The zero-order valence-electron chi connectivity index (χ0n) is 12.5. The van der Waals surface area contributed by atoms with E-state index in [4.69, 9.17) is 20.3 Å². The molecular formula is C12H14N5O7P. The molecule has 0 aromatic carbocycles. The summed E-state index contributed by atoms with van der Waals surface area (Å²) in [5.41, 5.74) is 4.10. The Labute approximate surface area is 140 Å². The zero-order chi connectivity index (χ0) is 18.4. The van der Waals surface area contributed by atoms with Crippen LogP contribution in [0, 0.1) is 11.3 Å². The number of hydrogen-bond donors (Lipinski definition) is 5. The molecule has 0 amide bonds. The third kappa shape index (κ3) is 2.88. The molecule has 3 unspecified atom stereocenters. The van der Waals surface area contributed by atoms with Crippen LogP contribution >= 0.6 is 7.82 Å². The van der Waals surface area contributed by atoms with Crippen molar-refractivity contribution in [2.45, 2.75) is 23.9 Å². The van der Waals surface area contributed by atoms with Crippen LogP contribution < -0.4 is 5.73 Å². The van der Waals surface area contributed by atoms with Crippen molar-refractivity contribution < 1.29 is 33.8 Å². The molecule has 134 valence electrons. The first-order chi connectivity index (χ1) is 11.7. The van der Waals surface area contributed by atoms with Crippen molar-refractivity contribution in [1.82, 2.24) is 14.6 Å². The summed E-state index contributed by atoms with van der Waals surface area (Å²) in [5, 5.41) is 34.1. The van der Waals surface area contributed by atoms with Gasteiger partial charge in [-0.2, -0.15) is 10.4 Å². The number of anilines is 1. The Bertz CT molecular complexity index is 892. The molecule has 12 nitrogen and oxygen atoms in total. The average Bonchev–Trinajstić information content (AvgIpc) is 3.08. The second-order valence-electron chi connectivity index (χ2n) is 5.39. The van der Waals surface area contributed by atoms with Crippen LogP contribution in [-0.2, 0) is 19.4 Å². The summed E-state index contributed by atoms with van der Waals surface area (Å²) in [6.07, 6.45) is -3.57. The van der Waals surface area contributed by atoms with Crippen LogP contribution in [0.5, 0.6) is 0 Å². The third-order valence-electron chi connectivity index (χ3n) is 3.89. The maximum absolute atomic E-state index is 10.8. The van der Waals surface area contributed by atoms with E-state index < -0.39 is 38.3 Å². The van der Waals surface area contributed by atoms with Crippen molar-refractivity contribution >= 4 is 19.2 Å². The van der Waals surface area contributed by atoms with Gasteiger partial charge in [0.15, 0.2) is 5.82 Å². The highest BCUT2D eigenvalue weighted by atomic mass is 31.2. The fraction of sp³-hybridized carbons (Fsp3) is 0.417. The van der Waals surface area contributed by atoms with E-state index in [1.807, 2.05) is 0 Å². The number of aliphatic hydroxyl groups is 2. The minimum Gasteiger partial charge on any atom is -0.387 e. The number of rotatable bonds is 4. The van der Waals surface area contributed by atoms with Gasteiger partial charge in [-0.15, -0.1) is 0 Å². The molecule has 0 radical (unpaired) electrons. The Morgan fingerprint density at radius 2 is 2.20 bits per heavy atom. The molecule has 3 heterocycles. The molecule has 3 rings (SSSR count). The first kappa shape index (κ1) is 17.7. The van der Waals surface area contributed by atoms with Crippen LogP contribution in [0.1, 0.15) is 5.69 Å². The smallest absolute Gasteiger partial charge is 0.387 e. The molecular weight excluding hydrogens is 357 g/mol. The maximum Gasteiger partial charge on any atom is 0.469 e. The minimum atomic E-state index is -4.82. The van der Waals surface area contributed by atoms with Crippen LogP contribution in [0.15, 0.2) is 18.5 Å². The highest BCUT2D eigenvalue weighted by Gasteiger charge is 2.57. The Morgan fingerprint density at radius 1 is 1.48 bits per heavy atom. The van der Waals surface area contributed by atoms with E-state index in [9.17, 15) is 20.0 Å². The lowest BCUT2D eigenvalue weighted by atomic mass is 9.92. The topological polar surface area (TPSA) is 196 Å². The van der Waals surface area contributed by atoms with E-state index in [2.05, 4.69) is 14.6 Å². The molecule has 13 heteroatoms. The molecule has 0 bridgehead atoms. The molecule has 0 saturated carbocycles. The maximum atomic E-state index is 10.8. The van der Waals surface area contributed by atoms with Crippen molar-refractivity contribution in [2.75, 3.05) is 12.3 Å². The second-order valence-corrected chi connectivity index (χ2v) is 6.63. The standard InChI is InChI=1S/C12H14N5O7P/c13-4-12(8-2-1-6-11(14)15-5-16-17(6)8)10(19)9(18)7(24-12)3-23-25(20,21)22/h1-2,5,7,9-10,18-19H,3H2,(H2,14,15,16)(H2,20,21,22)/t7?,9?,10?,12-/m0/s1. The van der Waals surface area contributed by atoms with Crippen molar-refractivity contribution in [3.05, 3.63) is 24.2 Å². The van der Waals surface area contributed by atoms with Gasteiger partial charge in [-0.05, 0) is 12.1 Å². The van der Waals surface area contributed by atoms with Crippen LogP contribution in [0.2, 0.25) is 0 Å². The third-order valence-corrected chi connectivity index (χ3v) is 4.38. The number of phosphoric acid groups is 1. The van der Waals surface area contributed by atoms with Gasteiger partial charge in [-0.3, -0.25) is 4.52 Å². The Morgan fingerprint density at radius 3 is 2.84 bits per heavy atom. The monoisotopic (exact) mass is 371 g/mol. The van der Waals surface area contributed by atoms with Crippen LogP contribution in [0.3, 0.4) is 0 Å². The number of phosphoric ester groups is 1. The van der Waals surface area contributed by atoms with Crippen LogP contribution in [0.25, 0.3) is 5.52 Å². The number of nitrogens with zero attached hydrogens (tertiary/aromatic N) is 4. The quantitative estimate of drug-likeness (QED) is 0.382. The molecule has 0 spiro atoms. The van der Waals surface area contributed by atoms with Crippen molar-refractivity contribution in [3.8, 4) is 6.07 Å². The lowest BCUT2D eigenvalue weighted by Crippen LogP contribution is -2.41. The first-order valence-corrected chi connectivity index (χ1v) is 8.46. The van der Waals surface area contributed by atoms with E-state index >= 15 is 0 Å². The van der Waals surface area contributed by atoms with Gasteiger partial charge in [0.25, 0.3) is 0 Å². The van der Waals surface area contributed by atoms with Gasteiger partial charge in [-0.25, -0.2) is 14.1 Å². The highest BCUT2D eigenvalue weighted by Crippen LogP contribution is 2.42. The number of nitrogens with two attached hydrogens (primary N) is 1. The van der Waals surface area contributed by atoms with Gasteiger partial charge < -0.3 is 30.5 Å². The molecule has 1 aliphatic rings. The van der Waals surface area contributed by atoms with E-state index in [1.54, 1.807) is 6.07 Å². The largest absolute Gasteiger partial charge is 0.469 e. The second kappa shape index (κ2) is 6.01. The van der Waals surface area contributed by atoms with E-state index in [0.29, 0.717) is 5.52 Å². The predicted molar refractivity (Wildman–Crippen MR) is 79.6 cm³/mol. The number of nitrogen functional groups attached to an aromatic ring is 1. The molecule has 0 aliphatic carbocycles. The summed E-state index contributed by atoms with van der Waals surface area (Å²) in [4.78, 5) is 21.3. The molecule has 2 aromatic heterocycles. The van der Waals surface area contributed by atoms with Gasteiger partial charge in [0, 0.05) is 0 Å². The molecule has 4 atom stereocenters. The summed E-state index contributed by atoms with van der Waals surface area (Å²) < 4.78 is 21.8. The number of aliphatic hydroxyl groups excluding tert-OH is 2. The fourth-order valence-corrected chi connectivity index (χ4v) is 3.06. The minimum absolute atomic E-state index is 0.0735. The summed E-state index contributed by atoms with van der Waals surface area (Å²) >= 11 is 0. The van der Waals surface area contributed by atoms with Crippen molar-refractivity contribution in [2.24, 2.45) is 0 Å². The van der Waals surface area contributed by atoms with Crippen molar-refractivity contribution in [1.29, 1.82) is 5.26 Å². The zero-order valence-corrected chi connectivity index (χ0v) is 13.4. The molecule has 25 heavy (non-hydrogen) atoms. The van der Waals surface area contributed by atoms with Gasteiger partial charge in [0.05, 0.1) is 12.3 Å². The van der Waals surface area contributed by atoms with Gasteiger partial charge in [-0.1, -0.05) is 0 Å². The fourth-order valence-electron chi connectivity index (χ4n) is 2.72. The van der Waals surface area contributed by atoms with Gasteiger partial charge in [0.2, 0.25) is 5.60 Å². The molecule has 1 fully saturated rings. The Hall–Kier alpha value is -2.10. The summed E-state index contributed by atoms with van der Waals surface area (Å²) in [6, 6.07) is 4.72. The van der Waals surface area contributed by atoms with Gasteiger partial charge >= 0.3 is 7.82 Å². The lowest BCUT2D eigenvalue weighted by molar-refractivity contribution is -0.0635. The Balaban J connectivity index is 2.01. The Kier molecular flexibility index (Phi) is 4.26. The van der Waals surface area contributed by atoms with Crippen molar-refractivity contribution in [3.63, 3.8) is 0 Å². The first-order valence-electron chi connectivity index (χ1n) is 6.93. The highest BCUT2D eigenvalue weighted by molar-refractivity contribution is 7.46. The van der Waals surface area contributed by atoms with Crippen LogP contribution in [0.4, 0.5) is 5.82 Å².